The molecule has 0 spiro atoms. The minimum absolute atomic E-state index is 0.233. The third-order valence-corrected chi connectivity index (χ3v) is 7.04. The summed E-state index contributed by atoms with van der Waals surface area (Å²) in [5, 5.41) is 14.2. The van der Waals surface area contributed by atoms with Crippen LogP contribution in [-0.4, -0.2) is 18.0 Å². The van der Waals surface area contributed by atoms with Crippen LogP contribution in [0.15, 0.2) is 54.6 Å². The Balaban J connectivity index is 1.58. The number of hydrogen-bond acceptors (Lipinski definition) is 5. The molecule has 5 nitrogen and oxygen atoms in total. The zero-order chi connectivity index (χ0) is 22.1. The van der Waals surface area contributed by atoms with Crippen LogP contribution in [0.2, 0.25) is 0 Å². The SMILES string of the molecule is COc1cccc(-c2cc(C(=O)Nc3sc4c(c3C#N)CCCC4)c3ccccc3n2)c1. The second-order valence-corrected chi connectivity index (χ2v) is 8.89. The fraction of sp³-hybridized carbons (Fsp3) is 0.192. The number of aryl methyl sites for hydroxylation is 1. The average molecular weight is 440 g/mol. The second-order valence-electron chi connectivity index (χ2n) is 7.79. The van der Waals surface area contributed by atoms with Crippen molar-refractivity contribution in [2.45, 2.75) is 25.7 Å². The van der Waals surface area contributed by atoms with E-state index < -0.39 is 0 Å². The number of aromatic nitrogens is 1. The van der Waals surface area contributed by atoms with E-state index in [9.17, 15) is 10.1 Å². The molecule has 1 amide bonds. The van der Waals surface area contributed by atoms with Crippen molar-refractivity contribution in [3.05, 3.63) is 76.2 Å². The molecule has 0 aliphatic heterocycles. The van der Waals surface area contributed by atoms with Crippen molar-refractivity contribution >= 4 is 33.1 Å². The van der Waals surface area contributed by atoms with Crippen molar-refractivity contribution in [3.63, 3.8) is 0 Å². The van der Waals surface area contributed by atoms with Crippen LogP contribution in [0, 0.1) is 11.3 Å². The predicted molar refractivity (Wildman–Crippen MR) is 127 cm³/mol. The maximum Gasteiger partial charge on any atom is 0.257 e. The number of nitrogens with one attached hydrogen (secondary N) is 1. The van der Waals surface area contributed by atoms with Crippen molar-refractivity contribution in [2.75, 3.05) is 12.4 Å². The van der Waals surface area contributed by atoms with Gasteiger partial charge in [-0.2, -0.15) is 5.26 Å². The summed E-state index contributed by atoms with van der Waals surface area (Å²) in [6, 6.07) is 19.4. The molecule has 2 aromatic carbocycles. The normalized spacial score (nSPS) is 12.8. The van der Waals surface area contributed by atoms with Crippen LogP contribution in [0.1, 0.15) is 39.2 Å². The van der Waals surface area contributed by atoms with Crippen LogP contribution in [0.5, 0.6) is 5.75 Å². The first kappa shape index (κ1) is 20.2. The van der Waals surface area contributed by atoms with Crippen LogP contribution < -0.4 is 10.1 Å². The van der Waals surface area contributed by atoms with Gasteiger partial charge in [-0.3, -0.25) is 4.79 Å². The lowest BCUT2D eigenvalue weighted by Gasteiger charge is -2.11. The fourth-order valence-corrected chi connectivity index (χ4v) is 5.47. The van der Waals surface area contributed by atoms with Gasteiger partial charge >= 0.3 is 0 Å². The Labute approximate surface area is 190 Å². The molecule has 1 aliphatic carbocycles. The Hall–Kier alpha value is -3.69. The molecule has 4 aromatic rings. The number of benzene rings is 2. The minimum Gasteiger partial charge on any atom is -0.497 e. The van der Waals surface area contributed by atoms with Gasteiger partial charge in [0, 0.05) is 15.8 Å². The van der Waals surface area contributed by atoms with Gasteiger partial charge in [0.25, 0.3) is 5.91 Å². The van der Waals surface area contributed by atoms with Gasteiger partial charge in [0.05, 0.1) is 29.4 Å². The summed E-state index contributed by atoms with van der Waals surface area (Å²) in [5.41, 5.74) is 4.56. The molecule has 2 aromatic heterocycles. The maximum atomic E-state index is 13.4. The van der Waals surface area contributed by atoms with Crippen molar-refractivity contribution in [1.82, 2.24) is 4.98 Å². The molecule has 0 fully saturated rings. The smallest absolute Gasteiger partial charge is 0.257 e. The molecule has 158 valence electrons. The Kier molecular flexibility index (Phi) is 5.34. The number of pyridine rings is 1. The van der Waals surface area contributed by atoms with Crippen LogP contribution in [0.25, 0.3) is 22.2 Å². The topological polar surface area (TPSA) is 75.0 Å². The predicted octanol–water partition coefficient (Wildman–Crippen LogP) is 5.97. The van der Waals surface area contributed by atoms with Gasteiger partial charge in [0.2, 0.25) is 0 Å². The summed E-state index contributed by atoms with van der Waals surface area (Å²) in [5.74, 6) is 0.495. The standard InChI is InChI=1S/C26H21N3O2S/c1-31-17-8-6-7-16(13-17)23-14-20(18-9-2-4-11-22(18)28-23)25(30)29-26-21(15-27)19-10-3-5-12-24(19)32-26/h2,4,6-9,11,13-14H,3,5,10,12H2,1H3,(H,29,30). The molecular formula is C26H21N3O2S. The number of thiophene rings is 1. The van der Waals surface area contributed by atoms with Gasteiger partial charge in [-0.25, -0.2) is 4.98 Å². The van der Waals surface area contributed by atoms with Crippen LogP contribution >= 0.6 is 11.3 Å². The van der Waals surface area contributed by atoms with Gasteiger partial charge in [-0.1, -0.05) is 30.3 Å². The molecule has 0 unspecified atom stereocenters. The third kappa shape index (κ3) is 3.61. The van der Waals surface area contributed by atoms with E-state index >= 15 is 0 Å². The van der Waals surface area contributed by atoms with E-state index in [4.69, 9.17) is 9.72 Å². The monoisotopic (exact) mass is 439 g/mol. The summed E-state index contributed by atoms with van der Waals surface area (Å²) < 4.78 is 5.35. The molecule has 0 radical (unpaired) electrons. The van der Waals surface area contributed by atoms with Crippen LogP contribution in [0.3, 0.4) is 0 Å². The van der Waals surface area contributed by atoms with E-state index in [0.717, 1.165) is 53.5 Å². The first-order chi connectivity index (χ1) is 15.7. The van der Waals surface area contributed by atoms with Gasteiger partial charge in [-0.15, -0.1) is 11.3 Å². The van der Waals surface area contributed by atoms with Gasteiger partial charge < -0.3 is 10.1 Å². The van der Waals surface area contributed by atoms with E-state index in [-0.39, 0.29) is 5.91 Å². The molecule has 32 heavy (non-hydrogen) atoms. The average Bonchev–Trinajstić information content (AvgIpc) is 3.20. The highest BCUT2D eigenvalue weighted by Gasteiger charge is 2.23. The Morgan fingerprint density at radius 1 is 1.12 bits per heavy atom. The number of ether oxygens (including phenoxy) is 1. The second kappa shape index (κ2) is 8.45. The van der Waals surface area contributed by atoms with E-state index in [2.05, 4.69) is 11.4 Å². The summed E-state index contributed by atoms with van der Waals surface area (Å²) in [6.45, 7) is 0. The Morgan fingerprint density at radius 3 is 2.81 bits per heavy atom. The number of carbonyl (C=O) groups excluding carboxylic acids is 1. The number of rotatable bonds is 4. The lowest BCUT2D eigenvalue weighted by atomic mass is 9.96. The Bertz CT molecular complexity index is 1380. The van der Waals surface area contributed by atoms with Crippen molar-refractivity contribution in [1.29, 1.82) is 5.26 Å². The molecule has 0 saturated heterocycles. The first-order valence-electron chi connectivity index (χ1n) is 10.6. The van der Waals surface area contributed by atoms with Crippen LogP contribution in [-0.2, 0) is 12.8 Å². The van der Waals surface area contributed by atoms with Crippen molar-refractivity contribution in [2.24, 2.45) is 0 Å². The maximum absolute atomic E-state index is 13.4. The molecule has 0 atom stereocenters. The lowest BCUT2D eigenvalue weighted by Crippen LogP contribution is -2.13. The van der Waals surface area contributed by atoms with Crippen LogP contribution in [0.4, 0.5) is 5.00 Å². The zero-order valence-electron chi connectivity index (χ0n) is 17.6. The molecule has 0 bridgehead atoms. The molecule has 2 heterocycles. The van der Waals surface area contributed by atoms with E-state index in [1.54, 1.807) is 7.11 Å². The molecule has 5 rings (SSSR count). The van der Waals surface area contributed by atoms with Gasteiger partial charge in [-0.05, 0) is 55.5 Å². The van der Waals surface area contributed by atoms with Crippen molar-refractivity contribution < 1.29 is 9.53 Å². The molecule has 6 heteroatoms. The Morgan fingerprint density at radius 2 is 1.97 bits per heavy atom. The molecular weight excluding hydrogens is 418 g/mol. The zero-order valence-corrected chi connectivity index (χ0v) is 18.5. The summed E-state index contributed by atoms with van der Waals surface area (Å²) >= 11 is 1.53. The fourth-order valence-electron chi connectivity index (χ4n) is 4.24. The van der Waals surface area contributed by atoms with Gasteiger partial charge in [0.15, 0.2) is 0 Å². The number of carbonyl (C=O) groups is 1. The number of hydrogen-bond donors (Lipinski definition) is 1. The lowest BCUT2D eigenvalue weighted by molar-refractivity contribution is 0.102. The molecule has 0 saturated carbocycles. The first-order valence-corrected chi connectivity index (χ1v) is 11.4. The van der Waals surface area contributed by atoms with Gasteiger partial charge in [0.1, 0.15) is 16.8 Å². The minimum atomic E-state index is -0.233. The number of amides is 1. The number of anilines is 1. The summed E-state index contributed by atoms with van der Waals surface area (Å²) in [4.78, 5) is 19.4. The summed E-state index contributed by atoms with van der Waals surface area (Å²) in [7, 11) is 1.62. The number of para-hydroxylation sites is 1. The number of nitriles is 1. The third-order valence-electron chi connectivity index (χ3n) is 5.84. The number of methoxy groups -OCH3 is 1. The highest BCUT2D eigenvalue weighted by atomic mass is 32.1. The highest BCUT2D eigenvalue weighted by Crippen LogP contribution is 2.38. The van der Waals surface area contributed by atoms with Crippen molar-refractivity contribution in [3.8, 4) is 23.1 Å². The van der Waals surface area contributed by atoms with E-state index in [0.29, 0.717) is 21.8 Å². The molecule has 1 aliphatic rings. The number of nitrogens with zero attached hydrogens (tertiary/aromatic N) is 2. The quantitative estimate of drug-likeness (QED) is 0.425. The van der Waals surface area contributed by atoms with E-state index in [1.165, 1.54) is 16.2 Å². The largest absolute Gasteiger partial charge is 0.497 e. The molecule has 1 N–H and O–H groups in total. The van der Waals surface area contributed by atoms with E-state index in [1.807, 2.05) is 54.6 Å². The number of fused-ring (bicyclic) bond motifs is 2. The highest BCUT2D eigenvalue weighted by molar-refractivity contribution is 7.16. The summed E-state index contributed by atoms with van der Waals surface area (Å²) in [6.07, 6.45) is 4.10.